The van der Waals surface area contributed by atoms with Gasteiger partial charge >= 0.3 is 0 Å². The number of benzene rings is 1. The molecule has 5 nitrogen and oxygen atoms in total. The lowest BCUT2D eigenvalue weighted by molar-refractivity contribution is -0.131. The smallest absolute Gasteiger partial charge is 0.228 e. The molecule has 0 saturated carbocycles. The van der Waals surface area contributed by atoms with Crippen molar-refractivity contribution in [2.45, 2.75) is 19.3 Å². The minimum atomic E-state index is 0.150. The molecule has 3 rings (SSSR count). The van der Waals surface area contributed by atoms with Crippen molar-refractivity contribution in [2.75, 3.05) is 26.7 Å². The Kier molecular flexibility index (Phi) is 4.20. The van der Waals surface area contributed by atoms with Crippen molar-refractivity contribution in [2.24, 2.45) is 5.92 Å². The van der Waals surface area contributed by atoms with E-state index < -0.39 is 0 Å². The van der Waals surface area contributed by atoms with Crippen molar-refractivity contribution in [3.63, 3.8) is 0 Å². The van der Waals surface area contributed by atoms with Crippen molar-refractivity contribution in [3.05, 3.63) is 30.0 Å². The maximum absolute atomic E-state index is 12.4. The molecule has 1 N–H and O–H groups in total. The minimum Gasteiger partial charge on any atom is -0.356 e. The van der Waals surface area contributed by atoms with E-state index in [9.17, 15) is 4.79 Å². The molecular weight excluding hydrogens is 266 g/mol. The highest BCUT2D eigenvalue weighted by Crippen LogP contribution is 2.21. The molecule has 5 heteroatoms. The quantitative estimate of drug-likeness (QED) is 0.932. The van der Waals surface area contributed by atoms with Gasteiger partial charge in [0.1, 0.15) is 5.69 Å². The van der Waals surface area contributed by atoms with Gasteiger partial charge in [-0.15, -0.1) is 0 Å². The van der Waals surface area contributed by atoms with E-state index in [1.807, 2.05) is 36.2 Å². The number of nitrogens with one attached hydrogen (secondary N) is 1. The third kappa shape index (κ3) is 3.08. The number of carbonyl (C=O) groups excluding carboxylic acids is 1. The van der Waals surface area contributed by atoms with Crippen LogP contribution in [0.4, 0.5) is 0 Å². The molecule has 1 fully saturated rings. The second kappa shape index (κ2) is 6.26. The van der Waals surface area contributed by atoms with E-state index >= 15 is 0 Å². The Labute approximate surface area is 124 Å². The summed E-state index contributed by atoms with van der Waals surface area (Å²) in [4.78, 5) is 14.4. The van der Waals surface area contributed by atoms with Gasteiger partial charge in [-0.2, -0.15) is 0 Å². The van der Waals surface area contributed by atoms with E-state index in [0.717, 1.165) is 49.1 Å². The Morgan fingerprint density at radius 2 is 2.14 bits per heavy atom. The van der Waals surface area contributed by atoms with Crippen LogP contribution in [0.5, 0.6) is 0 Å². The highest BCUT2D eigenvalue weighted by molar-refractivity contribution is 5.86. The fourth-order valence-electron chi connectivity index (χ4n) is 3.00. The number of fused-ring (bicyclic) bond motifs is 1. The lowest BCUT2D eigenvalue weighted by atomic mass is 9.96. The summed E-state index contributed by atoms with van der Waals surface area (Å²) in [5.74, 6) is 0.837. The van der Waals surface area contributed by atoms with Gasteiger partial charge in [0.05, 0.1) is 6.42 Å². The fourth-order valence-corrected chi connectivity index (χ4v) is 3.00. The molecular formula is C16H21N3O2. The third-order valence-corrected chi connectivity index (χ3v) is 4.23. The molecule has 2 aromatic rings. The largest absolute Gasteiger partial charge is 0.356 e. The molecule has 1 aromatic heterocycles. The Balaban J connectivity index is 1.62. The van der Waals surface area contributed by atoms with Crippen LogP contribution >= 0.6 is 0 Å². The summed E-state index contributed by atoms with van der Waals surface area (Å²) in [6.45, 7) is 2.73. The predicted molar refractivity (Wildman–Crippen MR) is 80.9 cm³/mol. The van der Waals surface area contributed by atoms with Gasteiger partial charge in [0.25, 0.3) is 0 Å². The molecule has 0 bridgehead atoms. The first-order valence-electron chi connectivity index (χ1n) is 7.53. The summed E-state index contributed by atoms with van der Waals surface area (Å²) >= 11 is 0. The van der Waals surface area contributed by atoms with Crippen molar-refractivity contribution in [1.29, 1.82) is 0 Å². The van der Waals surface area contributed by atoms with E-state index in [-0.39, 0.29) is 5.91 Å². The minimum absolute atomic E-state index is 0.150. The van der Waals surface area contributed by atoms with Gasteiger partial charge in [0.15, 0.2) is 5.58 Å². The Morgan fingerprint density at radius 3 is 2.90 bits per heavy atom. The topological polar surface area (TPSA) is 58.4 Å². The van der Waals surface area contributed by atoms with Crippen molar-refractivity contribution < 1.29 is 9.32 Å². The first-order valence-corrected chi connectivity index (χ1v) is 7.53. The summed E-state index contributed by atoms with van der Waals surface area (Å²) in [5, 5.41) is 8.19. The molecule has 0 unspecified atom stereocenters. The molecule has 1 amide bonds. The van der Waals surface area contributed by atoms with E-state index in [1.54, 1.807) is 0 Å². The molecule has 0 atom stereocenters. The monoisotopic (exact) mass is 287 g/mol. The average Bonchev–Trinajstić information content (AvgIpc) is 2.92. The van der Waals surface area contributed by atoms with E-state index in [2.05, 4.69) is 10.5 Å². The molecule has 1 aliphatic heterocycles. The lowest BCUT2D eigenvalue weighted by Gasteiger charge is -2.31. The highest BCUT2D eigenvalue weighted by Gasteiger charge is 2.23. The summed E-state index contributed by atoms with van der Waals surface area (Å²) in [7, 11) is 1.98. The SMILES string of the molecule is CNCC1CCN(C(=O)Cc2noc3ccccc23)CC1. The zero-order valence-corrected chi connectivity index (χ0v) is 12.3. The first kappa shape index (κ1) is 14.1. The number of hydrogen-bond donors (Lipinski definition) is 1. The van der Waals surface area contributed by atoms with E-state index in [0.29, 0.717) is 12.3 Å². The van der Waals surface area contributed by atoms with Crippen LogP contribution < -0.4 is 5.32 Å². The molecule has 2 heterocycles. The van der Waals surface area contributed by atoms with Gasteiger partial charge in [-0.25, -0.2) is 0 Å². The molecule has 112 valence electrons. The number of nitrogens with zero attached hydrogens (tertiary/aromatic N) is 2. The van der Waals surface area contributed by atoms with Crippen LogP contribution in [0.2, 0.25) is 0 Å². The zero-order valence-electron chi connectivity index (χ0n) is 12.3. The van der Waals surface area contributed by atoms with Gasteiger partial charge in [0.2, 0.25) is 5.91 Å². The molecule has 0 radical (unpaired) electrons. The molecule has 1 aliphatic rings. The number of amides is 1. The Bertz CT molecular complexity index is 615. The van der Waals surface area contributed by atoms with Crippen LogP contribution in [0.25, 0.3) is 11.0 Å². The van der Waals surface area contributed by atoms with Crippen molar-refractivity contribution in [1.82, 2.24) is 15.4 Å². The number of rotatable bonds is 4. The molecule has 1 aromatic carbocycles. The standard InChI is InChI=1S/C16H21N3O2/c1-17-11-12-6-8-19(9-7-12)16(20)10-14-13-4-2-3-5-15(13)21-18-14/h2-5,12,17H,6-11H2,1H3. The average molecular weight is 287 g/mol. The number of aromatic nitrogens is 1. The maximum atomic E-state index is 12.4. The van der Waals surface area contributed by atoms with Crippen LogP contribution in [-0.2, 0) is 11.2 Å². The van der Waals surface area contributed by atoms with Crippen LogP contribution in [0.3, 0.4) is 0 Å². The predicted octanol–water partition coefficient (Wildman–Crippen LogP) is 1.83. The van der Waals surface area contributed by atoms with Gasteiger partial charge in [-0.1, -0.05) is 17.3 Å². The number of carbonyl (C=O) groups is 1. The second-order valence-electron chi connectivity index (χ2n) is 5.68. The van der Waals surface area contributed by atoms with Gasteiger partial charge in [-0.05, 0) is 44.5 Å². The van der Waals surface area contributed by atoms with Gasteiger partial charge in [-0.3, -0.25) is 4.79 Å². The fraction of sp³-hybridized carbons (Fsp3) is 0.500. The summed E-state index contributed by atoms with van der Waals surface area (Å²) in [5.41, 5.74) is 1.49. The van der Waals surface area contributed by atoms with Crippen molar-refractivity contribution >= 4 is 16.9 Å². The first-order chi connectivity index (χ1) is 10.3. The summed E-state index contributed by atoms with van der Waals surface area (Å²) < 4.78 is 5.26. The van der Waals surface area contributed by atoms with E-state index in [4.69, 9.17) is 4.52 Å². The summed E-state index contributed by atoms with van der Waals surface area (Å²) in [6, 6.07) is 7.68. The van der Waals surface area contributed by atoms with Crippen molar-refractivity contribution in [3.8, 4) is 0 Å². The lowest BCUT2D eigenvalue weighted by Crippen LogP contribution is -2.41. The number of para-hydroxylation sites is 1. The molecule has 21 heavy (non-hydrogen) atoms. The number of likely N-dealkylation sites (tertiary alicyclic amines) is 1. The molecule has 0 aliphatic carbocycles. The highest BCUT2D eigenvalue weighted by atomic mass is 16.5. The zero-order chi connectivity index (χ0) is 14.7. The molecule has 1 saturated heterocycles. The van der Waals surface area contributed by atoms with Crippen LogP contribution in [0.15, 0.2) is 28.8 Å². The van der Waals surface area contributed by atoms with Crippen LogP contribution in [0.1, 0.15) is 18.5 Å². The van der Waals surface area contributed by atoms with Gasteiger partial charge < -0.3 is 14.7 Å². The number of piperidine rings is 1. The maximum Gasteiger partial charge on any atom is 0.228 e. The molecule has 0 spiro atoms. The second-order valence-corrected chi connectivity index (χ2v) is 5.68. The van der Waals surface area contributed by atoms with E-state index in [1.165, 1.54) is 0 Å². The Hall–Kier alpha value is -1.88. The Morgan fingerprint density at radius 1 is 1.38 bits per heavy atom. The summed E-state index contributed by atoms with van der Waals surface area (Å²) in [6.07, 6.45) is 2.48. The van der Waals surface area contributed by atoms with Crippen LogP contribution in [-0.4, -0.2) is 42.6 Å². The normalized spacial score (nSPS) is 16.5. The third-order valence-electron chi connectivity index (χ3n) is 4.23. The van der Waals surface area contributed by atoms with Gasteiger partial charge in [0, 0.05) is 18.5 Å². The number of hydrogen-bond acceptors (Lipinski definition) is 4. The van der Waals surface area contributed by atoms with Crippen LogP contribution in [0, 0.1) is 5.92 Å².